The van der Waals surface area contributed by atoms with Crippen molar-refractivity contribution >= 4 is 162 Å². The smallest absolute Gasteiger partial charge is 0.399 e. The Bertz CT molecular complexity index is 4850. The van der Waals surface area contributed by atoms with E-state index in [9.17, 15) is 50.6 Å². The molecule has 3 fully saturated rings. The van der Waals surface area contributed by atoms with Crippen LogP contribution >= 0.6 is 95.6 Å². The Morgan fingerprint density at radius 3 is 0.827 bits per heavy atom. The molecule has 3 aliphatic heterocycles. The molecule has 0 saturated carbocycles. The van der Waals surface area contributed by atoms with Gasteiger partial charge in [-0.3, -0.25) is 50.6 Å². The van der Waals surface area contributed by atoms with E-state index < -0.39 is 38.0 Å². The number of hydrogen-bond donors (Lipinski definition) is 0. The number of halogens is 6. The number of nitro benzene ring substituents is 5. The molecule has 0 radical (unpaired) electrons. The van der Waals surface area contributed by atoms with Gasteiger partial charge in [0.2, 0.25) is 0 Å². The predicted molar refractivity (Wildman–Crippen MR) is 459 cm³/mol. The summed E-state index contributed by atoms with van der Waals surface area (Å²) >= 11 is 19.4. The fourth-order valence-electron chi connectivity index (χ4n) is 11.6. The molecular formula is C80H86B3Br6N5O16. The summed E-state index contributed by atoms with van der Waals surface area (Å²) in [6.07, 6.45) is 0. The Hall–Kier alpha value is -7.19. The Labute approximate surface area is 693 Å². The lowest BCUT2D eigenvalue weighted by atomic mass is 9.69. The molecule has 578 valence electrons. The maximum absolute atomic E-state index is 11.5. The summed E-state index contributed by atoms with van der Waals surface area (Å²) in [5.74, 6) is 0. The molecular weight excluding hydrogens is 1800 g/mol. The van der Waals surface area contributed by atoms with Crippen molar-refractivity contribution in [3.05, 3.63) is 280 Å². The van der Waals surface area contributed by atoms with Crippen LogP contribution < -0.4 is 16.4 Å². The van der Waals surface area contributed by atoms with Gasteiger partial charge in [-0.2, -0.15) is 0 Å². The molecule has 0 N–H and O–H groups in total. The van der Waals surface area contributed by atoms with Gasteiger partial charge in [-0.25, -0.2) is 0 Å². The third-order valence-corrected chi connectivity index (χ3v) is 24.2. The lowest BCUT2D eigenvalue weighted by Gasteiger charge is -2.32. The summed E-state index contributed by atoms with van der Waals surface area (Å²) in [6, 6.07) is 45.8. The van der Waals surface area contributed by atoms with E-state index in [1.165, 1.54) is 50.4 Å². The molecule has 12 rings (SSSR count). The van der Waals surface area contributed by atoms with E-state index in [4.69, 9.17) is 27.9 Å². The van der Waals surface area contributed by atoms with Crippen molar-refractivity contribution in [2.24, 2.45) is 0 Å². The first-order valence-electron chi connectivity index (χ1n) is 34.7. The zero-order valence-electron chi connectivity index (χ0n) is 64.8. The van der Waals surface area contributed by atoms with Crippen molar-refractivity contribution < 1.29 is 52.5 Å². The van der Waals surface area contributed by atoms with Crippen molar-refractivity contribution in [3.63, 3.8) is 0 Å². The molecule has 3 aliphatic rings. The Morgan fingerprint density at radius 2 is 0.509 bits per heavy atom. The first kappa shape index (κ1) is 90.0. The van der Waals surface area contributed by atoms with Crippen LogP contribution in [0.5, 0.6) is 0 Å². The largest absolute Gasteiger partial charge is 0.495 e. The molecule has 21 nitrogen and oxygen atoms in total. The second-order valence-corrected chi connectivity index (χ2v) is 35.0. The number of nitro groups is 5. The maximum Gasteiger partial charge on any atom is 0.495 e. The number of hydrogen-bond acceptors (Lipinski definition) is 16. The normalized spacial score (nSPS) is 15.7. The second kappa shape index (κ2) is 36.3. The lowest BCUT2D eigenvalue weighted by Crippen LogP contribution is -2.41. The number of rotatable bonds is 11. The highest BCUT2D eigenvalue weighted by Crippen LogP contribution is 2.43. The van der Waals surface area contributed by atoms with Crippen molar-refractivity contribution in [3.8, 4) is 33.4 Å². The molecule has 9 aromatic carbocycles. The SMILES string of the molecule is Cc1cc(-c2ccc(Br)cc2[N+](=O)[O-])c(C)cc1-c1ccccc1[N+](=O)[O-].Cc1cc(-c2ccccc2[N+](=O)[O-])c(C)cc1B1OC(C)(C)C(C)(C)O1.Cc1cc(B2OC(C)(C)C(C)(C)O2)c(C)cc1B1OC(C)(C)C(C)(C)O1.Cc1cc(Br)c(C)cc1Br.O=[N+]([O-])c1cc(Br)ccc1Br.O=[N+]([O-])c1ccccc1Br. The van der Waals surface area contributed by atoms with E-state index in [1.807, 2.05) is 85.7 Å². The Balaban J connectivity index is 0.000000192. The third-order valence-electron chi connectivity index (χ3n) is 20.2. The molecule has 0 aliphatic carbocycles. The van der Waals surface area contributed by atoms with Gasteiger partial charge in [0, 0.05) is 48.2 Å². The van der Waals surface area contributed by atoms with Crippen molar-refractivity contribution in [2.45, 2.75) is 172 Å². The van der Waals surface area contributed by atoms with Gasteiger partial charge in [0.15, 0.2) is 0 Å². The van der Waals surface area contributed by atoms with E-state index in [0.29, 0.717) is 34.6 Å². The van der Waals surface area contributed by atoms with E-state index in [0.717, 1.165) is 66.5 Å². The summed E-state index contributed by atoms with van der Waals surface area (Å²) in [5, 5.41) is 54.7. The summed E-state index contributed by atoms with van der Waals surface area (Å²) in [6.45, 7) is 40.7. The molecule has 3 heterocycles. The van der Waals surface area contributed by atoms with Crippen LogP contribution in [-0.2, 0) is 27.9 Å². The maximum atomic E-state index is 11.5. The Morgan fingerprint density at radius 1 is 0.255 bits per heavy atom. The average molecular weight is 1890 g/mol. The van der Waals surface area contributed by atoms with Gasteiger partial charge in [-0.1, -0.05) is 153 Å². The summed E-state index contributed by atoms with van der Waals surface area (Å²) in [5.41, 5.74) is 13.5. The van der Waals surface area contributed by atoms with Gasteiger partial charge >= 0.3 is 21.4 Å². The number of nitrogens with zero attached hydrogens (tertiary/aromatic N) is 5. The van der Waals surface area contributed by atoms with Crippen molar-refractivity contribution in [1.29, 1.82) is 0 Å². The first-order chi connectivity index (χ1) is 50.9. The quantitative estimate of drug-likeness (QED) is 0.0661. The molecule has 30 heteroatoms. The molecule has 0 spiro atoms. The number of aryl methyl sites for hydroxylation is 8. The summed E-state index contributed by atoms with van der Waals surface area (Å²) in [4.78, 5) is 52.7. The Kier molecular flexibility index (Phi) is 29.7. The molecule has 0 unspecified atom stereocenters. The predicted octanol–water partition coefficient (Wildman–Crippen LogP) is 22.6. The van der Waals surface area contributed by atoms with E-state index in [2.05, 4.69) is 203 Å². The van der Waals surface area contributed by atoms with E-state index >= 15 is 0 Å². The summed E-state index contributed by atoms with van der Waals surface area (Å²) < 4.78 is 41.9. The topological polar surface area (TPSA) is 271 Å². The molecule has 110 heavy (non-hydrogen) atoms. The van der Waals surface area contributed by atoms with Gasteiger partial charge in [-0.15, -0.1) is 0 Å². The van der Waals surface area contributed by atoms with E-state index in [1.54, 1.807) is 72.8 Å². The average Bonchev–Trinajstić information content (AvgIpc) is 1.56. The van der Waals surface area contributed by atoms with Crippen LogP contribution in [0.3, 0.4) is 0 Å². The minimum atomic E-state index is -0.446. The molecule has 9 aromatic rings. The van der Waals surface area contributed by atoms with E-state index in [-0.39, 0.29) is 70.0 Å². The van der Waals surface area contributed by atoms with Gasteiger partial charge in [0.05, 0.1) is 83.9 Å². The fraction of sp³-hybridized carbons (Fsp3) is 0.325. The summed E-state index contributed by atoms with van der Waals surface area (Å²) in [7, 11) is -1.16. The molecule has 0 amide bonds. The molecule has 0 bridgehead atoms. The zero-order valence-corrected chi connectivity index (χ0v) is 74.3. The minimum Gasteiger partial charge on any atom is -0.399 e. The number of para-hydroxylation sites is 3. The molecule has 0 atom stereocenters. The van der Waals surface area contributed by atoms with Crippen LogP contribution in [0, 0.1) is 106 Å². The second-order valence-electron chi connectivity index (χ2n) is 29.7. The van der Waals surface area contributed by atoms with Crippen LogP contribution in [-0.4, -0.2) is 79.6 Å². The third kappa shape index (κ3) is 21.4. The van der Waals surface area contributed by atoms with Gasteiger partial charge in [-0.05, 0) is 286 Å². The highest BCUT2D eigenvalue weighted by molar-refractivity contribution is 9.11. The zero-order chi connectivity index (χ0) is 82.4. The van der Waals surface area contributed by atoms with Crippen LogP contribution in [0.1, 0.15) is 128 Å². The number of benzene rings is 9. The highest BCUT2D eigenvalue weighted by atomic mass is 79.9. The van der Waals surface area contributed by atoms with Crippen LogP contribution in [0.25, 0.3) is 33.4 Å². The fourth-order valence-corrected chi connectivity index (χ4v) is 14.1. The first-order valence-corrected chi connectivity index (χ1v) is 39.4. The van der Waals surface area contributed by atoms with Crippen LogP contribution in [0.15, 0.2) is 185 Å². The van der Waals surface area contributed by atoms with Gasteiger partial charge < -0.3 is 27.9 Å². The molecule has 0 aromatic heterocycles. The van der Waals surface area contributed by atoms with Crippen LogP contribution in [0.4, 0.5) is 28.4 Å². The molecule has 3 saturated heterocycles. The minimum absolute atomic E-state index is 0.00492. The van der Waals surface area contributed by atoms with Gasteiger partial charge in [0.1, 0.15) is 0 Å². The van der Waals surface area contributed by atoms with Crippen LogP contribution in [0.2, 0.25) is 0 Å². The van der Waals surface area contributed by atoms with Crippen molar-refractivity contribution in [1.82, 2.24) is 0 Å². The highest BCUT2D eigenvalue weighted by Gasteiger charge is 2.55. The van der Waals surface area contributed by atoms with Crippen molar-refractivity contribution in [2.75, 3.05) is 0 Å². The standard InChI is InChI=1S/C20H32B2O4.C20H24BNO4.C20H15BrN2O4.C8H8Br2.C6H3Br2NO2.C6H4BrNO2/c1-13-11-16(22-25-19(7,8)20(9,10)26-22)14(2)12-15(13)21-23-17(3,4)18(5,6)24-21;1-13-12-17(21-25-19(3,4)20(5,6)26-21)14(2)11-16(13)15-9-7-8-10-18(15)22(23)24;1-12-10-18(16-8-7-14(21)11-20(16)23(26)27)13(2)9-17(12)15-5-3-4-6-19(15)22(24)25;1-5-3-8(10)6(2)4-7(5)9;7-4-1-2-5(8)6(3-4)9(10)11;7-5-3-1-2-4-6(5)8(9)10/h11-12H,1-10H3;7-12H,1-6H3;3-11H,1-2H3;3-4H,1-2H3;1-3H;1-4H. The lowest BCUT2D eigenvalue weighted by molar-refractivity contribution is -0.385. The van der Waals surface area contributed by atoms with Gasteiger partial charge in [0.25, 0.3) is 28.4 Å². The monoisotopic (exact) mass is 1880 g/mol.